The van der Waals surface area contributed by atoms with E-state index >= 15 is 0 Å². The molecule has 0 atom stereocenters. The molecule has 2 N–H and O–H groups in total. The molecule has 3 heterocycles. The van der Waals surface area contributed by atoms with Crippen LogP contribution in [-0.4, -0.2) is 32.5 Å². The number of pyridine rings is 1. The molecular weight excluding hydrogens is 356 g/mol. The number of aromatic nitrogens is 3. The molecule has 3 aromatic heterocycles. The monoisotopic (exact) mass is 368 g/mol. The number of nitrogens with zero attached hydrogens (tertiary/aromatic N) is 3. The van der Waals surface area contributed by atoms with Crippen molar-refractivity contribution in [2.75, 3.05) is 12.4 Å². The van der Waals surface area contributed by atoms with Crippen LogP contribution in [0.2, 0.25) is 0 Å². The molecule has 0 aliphatic rings. The normalized spacial score (nSPS) is 11.0. The van der Waals surface area contributed by atoms with Gasteiger partial charge in [-0.15, -0.1) is 0 Å². The first-order chi connectivity index (χ1) is 12.6. The van der Waals surface area contributed by atoms with Crippen molar-refractivity contribution in [1.29, 1.82) is 0 Å². The number of carbonyl (C=O) groups excluding carboxylic acids is 1. The minimum Gasteiger partial charge on any atom is -0.497 e. The van der Waals surface area contributed by atoms with E-state index in [9.17, 15) is 14.7 Å². The van der Waals surface area contributed by atoms with E-state index in [1.54, 1.807) is 30.3 Å². The molecule has 9 heteroatoms. The Morgan fingerprint density at radius 3 is 2.77 bits per heavy atom. The van der Waals surface area contributed by atoms with Gasteiger partial charge in [0.15, 0.2) is 5.56 Å². The van der Waals surface area contributed by atoms with Gasteiger partial charge in [-0.3, -0.25) is 14.6 Å². The minimum atomic E-state index is -0.747. The Kier molecular flexibility index (Phi) is 3.77. The van der Waals surface area contributed by atoms with Crippen LogP contribution < -0.4 is 15.6 Å². The summed E-state index contributed by atoms with van der Waals surface area (Å²) in [5, 5.41) is 12.7. The molecule has 0 saturated heterocycles. The van der Waals surface area contributed by atoms with Crippen molar-refractivity contribution in [2.24, 2.45) is 0 Å². The number of ether oxygens (including phenoxy) is 1. The molecule has 8 nitrogen and oxygen atoms in total. The van der Waals surface area contributed by atoms with Crippen molar-refractivity contribution in [3.05, 3.63) is 58.6 Å². The average molecular weight is 368 g/mol. The Bertz CT molecular complexity index is 1200. The van der Waals surface area contributed by atoms with Crippen molar-refractivity contribution in [3.8, 4) is 11.6 Å². The second-order valence-electron chi connectivity index (χ2n) is 5.36. The summed E-state index contributed by atoms with van der Waals surface area (Å²) in [7, 11) is 1.52. The first-order valence-corrected chi connectivity index (χ1v) is 8.34. The summed E-state index contributed by atoms with van der Waals surface area (Å²) in [6.07, 6.45) is 3.00. The maximum atomic E-state index is 12.9. The quantitative estimate of drug-likeness (QED) is 0.575. The van der Waals surface area contributed by atoms with Crippen molar-refractivity contribution >= 4 is 38.1 Å². The van der Waals surface area contributed by atoms with Crippen LogP contribution in [0.15, 0.2) is 47.5 Å². The van der Waals surface area contributed by atoms with E-state index in [2.05, 4.69) is 15.3 Å². The van der Waals surface area contributed by atoms with Crippen LogP contribution in [-0.2, 0) is 0 Å². The summed E-state index contributed by atoms with van der Waals surface area (Å²) in [5.41, 5.74) is -0.0778. The van der Waals surface area contributed by atoms with E-state index in [1.165, 1.54) is 35.2 Å². The SMILES string of the molecule is COc1ccc2sc3nc(O)c(C(=O)Nc4ccncc4)c(=O)n3c2c1. The standard InChI is InChI=1S/C17H12N4O4S/c1-25-10-2-3-12-11(8-10)21-16(24)13(15(23)20-17(21)26-12)14(22)19-9-4-6-18-7-5-9/h2-8,23H,1H3,(H,18,19,22). The molecule has 0 bridgehead atoms. The van der Waals surface area contributed by atoms with Gasteiger partial charge in [-0.1, -0.05) is 11.3 Å². The number of nitrogens with one attached hydrogen (secondary N) is 1. The molecule has 0 aliphatic heterocycles. The molecule has 0 spiro atoms. The van der Waals surface area contributed by atoms with Crippen LogP contribution >= 0.6 is 11.3 Å². The summed E-state index contributed by atoms with van der Waals surface area (Å²) in [4.78, 5) is 33.6. The summed E-state index contributed by atoms with van der Waals surface area (Å²) in [6.45, 7) is 0. The number of anilines is 1. The van der Waals surface area contributed by atoms with Gasteiger partial charge in [0.1, 0.15) is 5.75 Å². The number of fused-ring (bicyclic) bond motifs is 3. The smallest absolute Gasteiger partial charge is 0.275 e. The Morgan fingerprint density at radius 2 is 2.04 bits per heavy atom. The highest BCUT2D eigenvalue weighted by Crippen LogP contribution is 2.29. The van der Waals surface area contributed by atoms with E-state index in [0.717, 1.165) is 4.70 Å². The van der Waals surface area contributed by atoms with E-state index in [1.807, 2.05) is 0 Å². The third-order valence-corrected chi connectivity index (χ3v) is 4.83. The summed E-state index contributed by atoms with van der Waals surface area (Å²) < 4.78 is 7.27. The summed E-state index contributed by atoms with van der Waals surface area (Å²) in [6, 6.07) is 8.39. The molecule has 0 aliphatic carbocycles. The molecule has 130 valence electrons. The van der Waals surface area contributed by atoms with Crippen LogP contribution in [0.25, 0.3) is 15.2 Å². The second kappa shape index (κ2) is 6.12. The first-order valence-electron chi connectivity index (χ1n) is 7.52. The fraction of sp³-hybridized carbons (Fsp3) is 0.0588. The first kappa shape index (κ1) is 16.0. The Morgan fingerprint density at radius 1 is 1.27 bits per heavy atom. The van der Waals surface area contributed by atoms with Gasteiger partial charge in [-0.25, -0.2) is 4.40 Å². The summed E-state index contributed by atoms with van der Waals surface area (Å²) in [5.74, 6) is -0.789. The predicted molar refractivity (Wildman–Crippen MR) is 97.3 cm³/mol. The number of thiazole rings is 1. The van der Waals surface area contributed by atoms with Crippen molar-refractivity contribution in [1.82, 2.24) is 14.4 Å². The van der Waals surface area contributed by atoms with E-state index in [4.69, 9.17) is 4.74 Å². The van der Waals surface area contributed by atoms with E-state index < -0.39 is 22.9 Å². The van der Waals surface area contributed by atoms with Crippen molar-refractivity contribution in [2.45, 2.75) is 0 Å². The van der Waals surface area contributed by atoms with Gasteiger partial charge >= 0.3 is 0 Å². The van der Waals surface area contributed by atoms with Crippen molar-refractivity contribution < 1.29 is 14.6 Å². The highest BCUT2D eigenvalue weighted by Gasteiger charge is 2.22. The van der Waals surface area contributed by atoms with Crippen LogP contribution in [0.1, 0.15) is 10.4 Å². The lowest BCUT2D eigenvalue weighted by atomic mass is 10.2. The topological polar surface area (TPSA) is 106 Å². The van der Waals surface area contributed by atoms with E-state index in [-0.39, 0.29) is 4.96 Å². The molecule has 4 aromatic rings. The van der Waals surface area contributed by atoms with Gasteiger partial charge < -0.3 is 15.2 Å². The predicted octanol–water partition coefficient (Wildman–Crippen LogP) is 2.27. The maximum absolute atomic E-state index is 12.9. The van der Waals surface area contributed by atoms with Gasteiger partial charge in [0.05, 0.1) is 17.3 Å². The second-order valence-corrected chi connectivity index (χ2v) is 6.37. The zero-order valence-corrected chi connectivity index (χ0v) is 14.3. The number of benzene rings is 1. The number of methoxy groups -OCH3 is 1. The van der Waals surface area contributed by atoms with Gasteiger partial charge in [0.2, 0.25) is 10.8 Å². The molecule has 0 unspecified atom stereocenters. The highest BCUT2D eigenvalue weighted by atomic mass is 32.1. The molecular formula is C17H12N4O4S. The molecule has 26 heavy (non-hydrogen) atoms. The Labute approximate surface area is 150 Å². The number of rotatable bonds is 3. The highest BCUT2D eigenvalue weighted by molar-refractivity contribution is 7.23. The van der Waals surface area contributed by atoms with Crippen LogP contribution in [0, 0.1) is 0 Å². The van der Waals surface area contributed by atoms with Crippen LogP contribution in [0.4, 0.5) is 5.69 Å². The maximum Gasteiger partial charge on any atom is 0.275 e. The number of amides is 1. The lowest BCUT2D eigenvalue weighted by Crippen LogP contribution is -2.26. The zero-order valence-electron chi connectivity index (χ0n) is 13.5. The third-order valence-electron chi connectivity index (χ3n) is 3.81. The van der Waals surface area contributed by atoms with Gasteiger partial charge in [-0.05, 0) is 24.3 Å². The number of aromatic hydroxyl groups is 1. The zero-order chi connectivity index (χ0) is 18.3. The Balaban J connectivity index is 1.91. The fourth-order valence-electron chi connectivity index (χ4n) is 2.58. The fourth-order valence-corrected chi connectivity index (χ4v) is 3.58. The van der Waals surface area contributed by atoms with E-state index in [0.29, 0.717) is 17.0 Å². The average Bonchev–Trinajstić information content (AvgIpc) is 2.99. The lowest BCUT2D eigenvalue weighted by Gasteiger charge is -2.06. The summed E-state index contributed by atoms with van der Waals surface area (Å²) >= 11 is 1.23. The van der Waals surface area contributed by atoms with Gasteiger partial charge in [0.25, 0.3) is 11.5 Å². The Hall–Kier alpha value is -3.46. The molecule has 0 saturated carbocycles. The molecule has 4 rings (SSSR count). The molecule has 0 fully saturated rings. The molecule has 0 radical (unpaired) electrons. The van der Waals surface area contributed by atoms with Crippen LogP contribution in [0.5, 0.6) is 11.6 Å². The molecule has 1 amide bonds. The molecule has 1 aromatic carbocycles. The lowest BCUT2D eigenvalue weighted by molar-refractivity contribution is 0.102. The van der Waals surface area contributed by atoms with Crippen LogP contribution in [0.3, 0.4) is 0 Å². The largest absolute Gasteiger partial charge is 0.497 e. The third kappa shape index (κ3) is 2.54. The number of carbonyl (C=O) groups is 1. The minimum absolute atomic E-state index is 0.288. The van der Waals surface area contributed by atoms with Gasteiger partial charge in [-0.2, -0.15) is 4.98 Å². The number of hydrogen-bond acceptors (Lipinski definition) is 7. The number of hydrogen-bond donors (Lipinski definition) is 2. The van der Waals surface area contributed by atoms with Gasteiger partial charge in [0, 0.05) is 24.1 Å². The van der Waals surface area contributed by atoms with Crippen molar-refractivity contribution in [3.63, 3.8) is 0 Å².